The first-order chi connectivity index (χ1) is 16.4. The van der Waals surface area contributed by atoms with Gasteiger partial charge in [0.25, 0.3) is 0 Å². The zero-order valence-electron chi connectivity index (χ0n) is 20.0. The van der Waals surface area contributed by atoms with Crippen molar-refractivity contribution in [2.24, 2.45) is 11.8 Å². The zero-order valence-corrected chi connectivity index (χ0v) is 20.0. The Morgan fingerprint density at radius 1 is 1.12 bits per heavy atom. The minimum atomic E-state index is -0.932. The molecule has 0 spiro atoms. The Balaban J connectivity index is 1.45. The molecule has 5 unspecified atom stereocenters. The molecule has 1 saturated carbocycles. The third kappa shape index (κ3) is 5.76. The van der Waals surface area contributed by atoms with Crippen LogP contribution in [-0.2, 0) is 14.3 Å². The maximum atomic E-state index is 13.0. The molecule has 34 heavy (non-hydrogen) atoms. The molecule has 0 aromatic heterocycles. The first-order valence-electron chi connectivity index (χ1n) is 12.3. The minimum Gasteiger partial charge on any atom is -0.462 e. The Bertz CT molecular complexity index is 1010. The summed E-state index contributed by atoms with van der Waals surface area (Å²) in [6.45, 7) is 3.94. The van der Waals surface area contributed by atoms with E-state index in [0.29, 0.717) is 24.8 Å². The van der Waals surface area contributed by atoms with E-state index in [-0.39, 0.29) is 29.9 Å². The Labute approximate surface area is 201 Å². The van der Waals surface area contributed by atoms with Gasteiger partial charge in [-0.2, -0.15) is 0 Å². The molecule has 180 valence electrons. The minimum absolute atomic E-state index is 0.0338. The first kappa shape index (κ1) is 24.2. The van der Waals surface area contributed by atoms with Gasteiger partial charge in [-0.15, -0.1) is 0 Å². The van der Waals surface area contributed by atoms with Gasteiger partial charge in [-0.05, 0) is 36.6 Å². The van der Waals surface area contributed by atoms with Gasteiger partial charge >= 0.3 is 11.9 Å². The van der Waals surface area contributed by atoms with Crippen LogP contribution in [0, 0.1) is 11.8 Å². The van der Waals surface area contributed by atoms with Crippen molar-refractivity contribution >= 4 is 11.9 Å². The standard InChI is InChI=1S/C29H34O5/c1-3-4-8-16-29(2,32)17-15-23-24-18-27(30)33-26(24)19-25(23)34-28(31)22-13-11-21(12-14-22)20-9-6-5-7-10-20/h5-7,9-15,17,23-26,32H,3-4,8,16,18-19H2,1-2H3/b17-15+. The zero-order chi connectivity index (χ0) is 24.1. The maximum Gasteiger partial charge on any atom is 0.338 e. The van der Waals surface area contributed by atoms with Crippen LogP contribution >= 0.6 is 0 Å². The van der Waals surface area contributed by atoms with Gasteiger partial charge in [-0.3, -0.25) is 4.79 Å². The fourth-order valence-corrected chi connectivity index (χ4v) is 5.06. The number of rotatable bonds is 9. The Kier molecular flexibility index (Phi) is 7.52. The summed E-state index contributed by atoms with van der Waals surface area (Å²) in [5.74, 6) is -0.788. The molecule has 2 aromatic carbocycles. The van der Waals surface area contributed by atoms with Crippen LogP contribution in [-0.4, -0.2) is 34.9 Å². The van der Waals surface area contributed by atoms with Crippen molar-refractivity contribution in [3.05, 3.63) is 72.3 Å². The summed E-state index contributed by atoms with van der Waals surface area (Å²) in [6.07, 6.45) is 7.70. The van der Waals surface area contributed by atoms with E-state index in [1.54, 1.807) is 19.1 Å². The molecule has 1 N–H and O–H groups in total. The highest BCUT2D eigenvalue weighted by atomic mass is 16.6. The van der Waals surface area contributed by atoms with Crippen molar-refractivity contribution < 1.29 is 24.2 Å². The molecule has 1 aliphatic heterocycles. The van der Waals surface area contributed by atoms with Gasteiger partial charge in [0.2, 0.25) is 0 Å². The number of esters is 2. The summed E-state index contributed by atoms with van der Waals surface area (Å²) in [5, 5.41) is 10.8. The van der Waals surface area contributed by atoms with Crippen molar-refractivity contribution in [1.29, 1.82) is 0 Å². The van der Waals surface area contributed by atoms with E-state index in [0.717, 1.165) is 30.4 Å². The molecule has 5 nitrogen and oxygen atoms in total. The van der Waals surface area contributed by atoms with Crippen LogP contribution in [0.15, 0.2) is 66.7 Å². The van der Waals surface area contributed by atoms with E-state index in [1.165, 1.54) is 0 Å². The molecule has 1 aliphatic carbocycles. The van der Waals surface area contributed by atoms with Crippen LogP contribution < -0.4 is 0 Å². The quantitative estimate of drug-likeness (QED) is 0.293. The molecular formula is C29H34O5. The van der Waals surface area contributed by atoms with E-state index in [9.17, 15) is 14.7 Å². The molecule has 4 rings (SSSR count). The first-order valence-corrected chi connectivity index (χ1v) is 12.3. The maximum absolute atomic E-state index is 13.0. The third-order valence-electron chi connectivity index (χ3n) is 7.00. The number of hydrogen-bond donors (Lipinski definition) is 1. The molecule has 2 aliphatic rings. The second kappa shape index (κ2) is 10.6. The van der Waals surface area contributed by atoms with Crippen molar-refractivity contribution in [3.8, 4) is 11.1 Å². The van der Waals surface area contributed by atoms with Gasteiger partial charge in [0, 0.05) is 18.3 Å². The lowest BCUT2D eigenvalue weighted by Crippen LogP contribution is -2.26. The highest BCUT2D eigenvalue weighted by Crippen LogP contribution is 2.44. The largest absolute Gasteiger partial charge is 0.462 e. The smallest absolute Gasteiger partial charge is 0.338 e. The predicted octanol–water partition coefficient (Wildman–Crippen LogP) is 5.72. The monoisotopic (exact) mass is 462 g/mol. The lowest BCUT2D eigenvalue weighted by Gasteiger charge is -2.23. The topological polar surface area (TPSA) is 72.8 Å². The van der Waals surface area contributed by atoms with Crippen molar-refractivity contribution in [2.45, 2.75) is 70.2 Å². The van der Waals surface area contributed by atoms with E-state index >= 15 is 0 Å². The summed E-state index contributed by atoms with van der Waals surface area (Å²) in [4.78, 5) is 24.8. The van der Waals surface area contributed by atoms with Crippen molar-refractivity contribution in [2.75, 3.05) is 0 Å². The number of benzene rings is 2. The lowest BCUT2D eigenvalue weighted by molar-refractivity contribution is -0.141. The Morgan fingerprint density at radius 2 is 1.82 bits per heavy atom. The molecular weight excluding hydrogens is 428 g/mol. The van der Waals surface area contributed by atoms with E-state index in [1.807, 2.05) is 54.6 Å². The van der Waals surface area contributed by atoms with Crippen LogP contribution in [0.25, 0.3) is 11.1 Å². The van der Waals surface area contributed by atoms with Gasteiger partial charge in [-0.1, -0.05) is 80.8 Å². The van der Waals surface area contributed by atoms with Gasteiger partial charge in [0.15, 0.2) is 0 Å². The molecule has 0 bridgehead atoms. The van der Waals surface area contributed by atoms with Gasteiger partial charge in [-0.25, -0.2) is 4.79 Å². The summed E-state index contributed by atoms with van der Waals surface area (Å²) in [5.41, 5.74) is 1.68. The van der Waals surface area contributed by atoms with Gasteiger partial charge < -0.3 is 14.6 Å². The molecule has 1 saturated heterocycles. The Morgan fingerprint density at radius 3 is 2.53 bits per heavy atom. The normalized spacial score (nSPS) is 25.7. The summed E-state index contributed by atoms with van der Waals surface area (Å²) in [6, 6.07) is 17.4. The number of carbonyl (C=O) groups is 2. The van der Waals surface area contributed by atoms with Crippen LogP contribution in [0.4, 0.5) is 0 Å². The number of aliphatic hydroxyl groups is 1. The van der Waals surface area contributed by atoms with E-state index in [4.69, 9.17) is 9.47 Å². The number of ether oxygens (including phenoxy) is 2. The van der Waals surface area contributed by atoms with Crippen LogP contribution in [0.5, 0.6) is 0 Å². The van der Waals surface area contributed by atoms with E-state index < -0.39 is 11.7 Å². The molecule has 5 atom stereocenters. The van der Waals surface area contributed by atoms with Crippen LogP contribution in [0.1, 0.15) is 62.7 Å². The highest BCUT2D eigenvalue weighted by molar-refractivity contribution is 5.90. The fraction of sp³-hybridized carbons (Fsp3) is 0.448. The SMILES string of the molecule is CCCCCC(C)(O)/C=C/C1C(OC(=O)c2ccc(-c3ccccc3)cc2)CC2OC(=O)CC21. The van der Waals surface area contributed by atoms with Gasteiger partial charge in [0.1, 0.15) is 12.2 Å². The Hall–Kier alpha value is -2.92. The van der Waals surface area contributed by atoms with E-state index in [2.05, 4.69) is 6.92 Å². The molecule has 1 heterocycles. The predicted molar refractivity (Wildman–Crippen MR) is 131 cm³/mol. The molecule has 2 fully saturated rings. The summed E-state index contributed by atoms with van der Waals surface area (Å²) in [7, 11) is 0. The molecule has 0 amide bonds. The highest BCUT2D eigenvalue weighted by Gasteiger charge is 2.50. The number of carbonyl (C=O) groups excluding carboxylic acids is 2. The molecule has 0 radical (unpaired) electrons. The lowest BCUT2D eigenvalue weighted by atomic mass is 9.89. The number of unbranched alkanes of at least 4 members (excludes halogenated alkanes) is 2. The number of fused-ring (bicyclic) bond motifs is 1. The average molecular weight is 463 g/mol. The van der Waals surface area contributed by atoms with Crippen molar-refractivity contribution in [3.63, 3.8) is 0 Å². The fourth-order valence-electron chi connectivity index (χ4n) is 5.06. The second-order valence-corrected chi connectivity index (χ2v) is 9.77. The number of hydrogen-bond acceptors (Lipinski definition) is 5. The second-order valence-electron chi connectivity index (χ2n) is 9.77. The average Bonchev–Trinajstić information content (AvgIpc) is 3.33. The molecule has 2 aromatic rings. The third-order valence-corrected chi connectivity index (χ3v) is 7.00. The van der Waals surface area contributed by atoms with Crippen LogP contribution in [0.3, 0.4) is 0 Å². The van der Waals surface area contributed by atoms with Gasteiger partial charge in [0.05, 0.1) is 17.6 Å². The molecule has 5 heteroatoms. The van der Waals surface area contributed by atoms with Crippen molar-refractivity contribution in [1.82, 2.24) is 0 Å². The summed E-state index contributed by atoms with van der Waals surface area (Å²) >= 11 is 0. The van der Waals surface area contributed by atoms with Crippen LogP contribution in [0.2, 0.25) is 0 Å². The summed E-state index contributed by atoms with van der Waals surface area (Å²) < 4.78 is 11.4.